The monoisotopic (exact) mass is 333 g/mol. The van der Waals surface area contributed by atoms with E-state index in [4.69, 9.17) is 37.8 Å². The van der Waals surface area contributed by atoms with Crippen LogP contribution in [0.2, 0.25) is 10.0 Å². The largest absolute Gasteiger partial charge is 0.482 e. The summed E-state index contributed by atoms with van der Waals surface area (Å²) < 4.78 is 10.4. The van der Waals surface area contributed by atoms with Gasteiger partial charge in [-0.2, -0.15) is 0 Å². The Bertz CT molecular complexity index is 551. The fourth-order valence-corrected chi connectivity index (χ4v) is 2.31. The Morgan fingerprint density at radius 3 is 2.86 bits per heavy atom. The standard InChI is InChI=1S/C13H13Cl2NO5/c14-8-1-2-10(9(15)5-8)21-7-12(17)16-3-4-20-11(6-16)13(18)19/h1-2,5,11H,3-4,6-7H2,(H,18,19). The molecule has 1 N–H and O–H groups in total. The zero-order chi connectivity index (χ0) is 15.4. The summed E-state index contributed by atoms with van der Waals surface area (Å²) in [6, 6.07) is 4.68. The van der Waals surface area contributed by atoms with E-state index in [9.17, 15) is 9.59 Å². The van der Waals surface area contributed by atoms with E-state index in [0.29, 0.717) is 22.3 Å². The number of benzene rings is 1. The van der Waals surface area contributed by atoms with Crippen molar-refractivity contribution in [2.75, 3.05) is 26.3 Å². The Labute approximate surface area is 131 Å². The normalized spacial score (nSPS) is 18.4. The summed E-state index contributed by atoms with van der Waals surface area (Å²) in [7, 11) is 0. The molecule has 1 heterocycles. The van der Waals surface area contributed by atoms with Crippen LogP contribution < -0.4 is 4.74 Å². The summed E-state index contributed by atoms with van der Waals surface area (Å²) in [4.78, 5) is 24.3. The van der Waals surface area contributed by atoms with Gasteiger partial charge in [0.15, 0.2) is 12.7 Å². The zero-order valence-electron chi connectivity index (χ0n) is 10.9. The lowest BCUT2D eigenvalue weighted by atomic mass is 10.2. The smallest absolute Gasteiger partial charge is 0.334 e. The second-order valence-corrected chi connectivity index (χ2v) is 5.24. The fraction of sp³-hybridized carbons (Fsp3) is 0.385. The number of nitrogens with zero attached hydrogens (tertiary/aromatic N) is 1. The van der Waals surface area contributed by atoms with E-state index in [0.717, 1.165) is 0 Å². The minimum atomic E-state index is -1.09. The molecule has 1 fully saturated rings. The van der Waals surface area contributed by atoms with Crippen molar-refractivity contribution in [3.63, 3.8) is 0 Å². The average Bonchev–Trinajstić information content (AvgIpc) is 2.46. The lowest BCUT2D eigenvalue weighted by molar-refractivity contribution is -0.159. The van der Waals surface area contributed by atoms with Gasteiger partial charge < -0.3 is 19.5 Å². The topological polar surface area (TPSA) is 76.1 Å². The molecule has 0 spiro atoms. The molecule has 1 aromatic carbocycles. The van der Waals surface area contributed by atoms with Crippen molar-refractivity contribution in [2.45, 2.75) is 6.10 Å². The van der Waals surface area contributed by atoms with Gasteiger partial charge in [-0.1, -0.05) is 23.2 Å². The molecule has 1 aromatic rings. The van der Waals surface area contributed by atoms with Crippen LogP contribution >= 0.6 is 23.2 Å². The second kappa shape index (κ2) is 6.98. The van der Waals surface area contributed by atoms with Gasteiger partial charge in [-0.05, 0) is 18.2 Å². The molecule has 114 valence electrons. The quantitative estimate of drug-likeness (QED) is 0.907. The van der Waals surface area contributed by atoms with Crippen LogP contribution in [-0.4, -0.2) is 54.3 Å². The molecule has 1 aliphatic heterocycles. The first-order valence-electron chi connectivity index (χ1n) is 6.17. The van der Waals surface area contributed by atoms with Gasteiger partial charge in [-0.15, -0.1) is 0 Å². The number of aliphatic carboxylic acids is 1. The lowest BCUT2D eigenvalue weighted by Crippen LogP contribution is -2.49. The highest BCUT2D eigenvalue weighted by Gasteiger charge is 2.29. The van der Waals surface area contributed by atoms with E-state index in [1.807, 2.05) is 0 Å². The Kier molecular flexibility index (Phi) is 5.27. The van der Waals surface area contributed by atoms with Crippen LogP contribution in [0, 0.1) is 0 Å². The first kappa shape index (κ1) is 15.9. The van der Waals surface area contributed by atoms with Crippen molar-refractivity contribution in [3.8, 4) is 5.75 Å². The van der Waals surface area contributed by atoms with Crippen molar-refractivity contribution in [1.82, 2.24) is 4.90 Å². The number of carbonyl (C=O) groups excluding carboxylic acids is 1. The molecule has 0 saturated carbocycles. The molecule has 6 nitrogen and oxygen atoms in total. The summed E-state index contributed by atoms with van der Waals surface area (Å²) in [5.41, 5.74) is 0. The van der Waals surface area contributed by atoms with E-state index in [-0.39, 0.29) is 25.7 Å². The number of morpholine rings is 1. The molecule has 1 amide bonds. The SMILES string of the molecule is O=C(O)C1CN(C(=O)COc2ccc(Cl)cc2Cl)CCO1. The molecule has 1 saturated heterocycles. The second-order valence-electron chi connectivity index (χ2n) is 4.40. The minimum absolute atomic E-state index is 0.00583. The molecular formula is C13H13Cl2NO5. The predicted molar refractivity (Wildman–Crippen MR) is 75.9 cm³/mol. The van der Waals surface area contributed by atoms with E-state index in [2.05, 4.69) is 0 Å². The first-order chi connectivity index (χ1) is 9.97. The van der Waals surface area contributed by atoms with Crippen molar-refractivity contribution in [1.29, 1.82) is 0 Å². The highest BCUT2D eigenvalue weighted by molar-refractivity contribution is 6.35. The van der Waals surface area contributed by atoms with Crippen LogP contribution in [0.5, 0.6) is 5.75 Å². The van der Waals surface area contributed by atoms with Crippen LogP contribution in [0.25, 0.3) is 0 Å². The van der Waals surface area contributed by atoms with Gasteiger partial charge in [-0.3, -0.25) is 4.79 Å². The molecule has 0 aromatic heterocycles. The van der Waals surface area contributed by atoms with Crippen LogP contribution in [0.1, 0.15) is 0 Å². The maximum Gasteiger partial charge on any atom is 0.334 e. The van der Waals surface area contributed by atoms with E-state index in [1.54, 1.807) is 12.1 Å². The zero-order valence-corrected chi connectivity index (χ0v) is 12.4. The van der Waals surface area contributed by atoms with Crippen LogP contribution in [0.4, 0.5) is 0 Å². The number of carboxylic acids is 1. The maximum atomic E-state index is 12.0. The predicted octanol–water partition coefficient (Wildman–Crippen LogP) is 1.68. The van der Waals surface area contributed by atoms with Crippen molar-refractivity contribution in [2.24, 2.45) is 0 Å². The Balaban J connectivity index is 1.90. The summed E-state index contributed by atoms with van der Waals surface area (Å²) in [5.74, 6) is -1.07. The molecule has 0 aliphatic carbocycles. The third-order valence-electron chi connectivity index (χ3n) is 2.94. The van der Waals surface area contributed by atoms with Gasteiger partial charge in [0, 0.05) is 11.6 Å². The molecule has 0 radical (unpaired) electrons. The van der Waals surface area contributed by atoms with E-state index < -0.39 is 12.1 Å². The Morgan fingerprint density at radius 2 is 2.19 bits per heavy atom. The minimum Gasteiger partial charge on any atom is -0.482 e. The number of hydrogen-bond acceptors (Lipinski definition) is 4. The maximum absolute atomic E-state index is 12.0. The number of hydrogen-bond donors (Lipinski definition) is 1. The third-order valence-corrected chi connectivity index (χ3v) is 3.47. The summed E-state index contributed by atoms with van der Waals surface area (Å²) in [6.07, 6.45) is -0.998. The van der Waals surface area contributed by atoms with Gasteiger partial charge >= 0.3 is 5.97 Å². The summed E-state index contributed by atoms with van der Waals surface area (Å²) >= 11 is 11.7. The van der Waals surface area contributed by atoms with Gasteiger partial charge in [0.1, 0.15) is 5.75 Å². The van der Waals surface area contributed by atoms with E-state index in [1.165, 1.54) is 11.0 Å². The Morgan fingerprint density at radius 1 is 1.43 bits per heavy atom. The number of amides is 1. The number of rotatable bonds is 4. The number of ether oxygens (including phenoxy) is 2. The molecule has 1 aliphatic rings. The molecule has 0 bridgehead atoms. The van der Waals surface area contributed by atoms with Gasteiger partial charge in [-0.25, -0.2) is 4.79 Å². The van der Waals surface area contributed by atoms with E-state index >= 15 is 0 Å². The molecule has 21 heavy (non-hydrogen) atoms. The molecule has 2 rings (SSSR count). The molecule has 1 atom stereocenters. The summed E-state index contributed by atoms with van der Waals surface area (Å²) in [5, 5.41) is 9.66. The van der Waals surface area contributed by atoms with Gasteiger partial charge in [0.2, 0.25) is 0 Å². The summed E-state index contributed by atoms with van der Waals surface area (Å²) in [6.45, 7) is 0.296. The highest BCUT2D eigenvalue weighted by atomic mass is 35.5. The van der Waals surface area contributed by atoms with Gasteiger partial charge in [0.05, 0.1) is 18.2 Å². The van der Waals surface area contributed by atoms with Crippen LogP contribution in [0.3, 0.4) is 0 Å². The van der Waals surface area contributed by atoms with Crippen molar-refractivity contribution >= 4 is 35.1 Å². The first-order valence-corrected chi connectivity index (χ1v) is 6.93. The highest BCUT2D eigenvalue weighted by Crippen LogP contribution is 2.27. The fourth-order valence-electron chi connectivity index (χ4n) is 1.85. The Hall–Kier alpha value is -1.50. The third kappa shape index (κ3) is 4.23. The van der Waals surface area contributed by atoms with Gasteiger partial charge in [0.25, 0.3) is 5.91 Å². The number of carbonyl (C=O) groups is 2. The number of carboxylic acid groups (broad SMARTS) is 1. The average molecular weight is 334 g/mol. The molecule has 1 unspecified atom stereocenters. The number of halogens is 2. The van der Waals surface area contributed by atoms with Crippen molar-refractivity contribution < 1.29 is 24.2 Å². The van der Waals surface area contributed by atoms with Crippen LogP contribution in [0.15, 0.2) is 18.2 Å². The van der Waals surface area contributed by atoms with Crippen LogP contribution in [-0.2, 0) is 14.3 Å². The van der Waals surface area contributed by atoms with Crippen molar-refractivity contribution in [3.05, 3.63) is 28.2 Å². The molecular weight excluding hydrogens is 321 g/mol. The molecule has 8 heteroatoms. The lowest BCUT2D eigenvalue weighted by Gasteiger charge is -2.30.